The van der Waals surface area contributed by atoms with Crippen LogP contribution >= 0.6 is 23.1 Å². The highest BCUT2D eigenvalue weighted by molar-refractivity contribution is 7.98. The maximum absolute atomic E-state index is 5.39. The van der Waals surface area contributed by atoms with Gasteiger partial charge >= 0.3 is 0 Å². The molecule has 24 heavy (non-hydrogen) atoms. The van der Waals surface area contributed by atoms with E-state index in [1.54, 1.807) is 29.4 Å². The van der Waals surface area contributed by atoms with Crippen molar-refractivity contribution in [3.63, 3.8) is 0 Å². The molecule has 3 heterocycles. The van der Waals surface area contributed by atoms with E-state index < -0.39 is 0 Å². The van der Waals surface area contributed by atoms with Gasteiger partial charge in [0.15, 0.2) is 11.0 Å². The molecule has 0 aliphatic rings. The third kappa shape index (κ3) is 2.74. The summed E-state index contributed by atoms with van der Waals surface area (Å²) < 4.78 is 8.74. The van der Waals surface area contributed by atoms with E-state index in [1.165, 1.54) is 4.70 Å². The molecule has 0 aliphatic carbocycles. The first-order valence-electron chi connectivity index (χ1n) is 7.71. The van der Waals surface area contributed by atoms with Crippen LogP contribution in [0.1, 0.15) is 17.7 Å². The summed E-state index contributed by atoms with van der Waals surface area (Å²) in [4.78, 5) is 4.68. The molecule has 0 aliphatic heterocycles. The van der Waals surface area contributed by atoms with Gasteiger partial charge in [0.1, 0.15) is 10.8 Å². The van der Waals surface area contributed by atoms with Crippen molar-refractivity contribution in [2.24, 2.45) is 0 Å². The van der Waals surface area contributed by atoms with Gasteiger partial charge in [-0.25, -0.2) is 4.98 Å². The Morgan fingerprint density at radius 2 is 2.08 bits per heavy atom. The van der Waals surface area contributed by atoms with Crippen LogP contribution in [0.25, 0.3) is 21.6 Å². The summed E-state index contributed by atoms with van der Waals surface area (Å²) in [5.74, 6) is 2.51. The molecule has 5 nitrogen and oxygen atoms in total. The second-order valence-corrected chi connectivity index (χ2v) is 7.36. The lowest BCUT2D eigenvalue weighted by Gasteiger charge is -2.05. The molecular weight excluding hydrogens is 340 g/mol. The van der Waals surface area contributed by atoms with Crippen molar-refractivity contribution in [1.82, 2.24) is 19.7 Å². The average Bonchev–Trinajstić information content (AvgIpc) is 3.29. The number of fused-ring (bicyclic) bond motifs is 1. The molecule has 0 unspecified atom stereocenters. The van der Waals surface area contributed by atoms with Crippen LogP contribution in [0.4, 0.5) is 0 Å². The average molecular weight is 356 g/mol. The fourth-order valence-corrected chi connectivity index (χ4v) is 4.57. The summed E-state index contributed by atoms with van der Waals surface area (Å²) in [7, 11) is 0. The van der Waals surface area contributed by atoms with Crippen LogP contribution in [0.5, 0.6) is 0 Å². The number of aromatic nitrogens is 4. The van der Waals surface area contributed by atoms with E-state index in [0.717, 1.165) is 45.1 Å². The lowest BCUT2D eigenvalue weighted by molar-refractivity contribution is 0.534. The minimum absolute atomic E-state index is 0.794. The molecule has 3 aromatic heterocycles. The van der Waals surface area contributed by atoms with Gasteiger partial charge in [0, 0.05) is 6.54 Å². The molecule has 0 atom stereocenters. The quantitative estimate of drug-likeness (QED) is 0.482. The SMILES string of the molecule is CCn1c(SCc2nc3ccccc3s2)nnc1-c1ccoc1C. The van der Waals surface area contributed by atoms with Crippen LogP contribution in [0, 0.1) is 6.92 Å². The zero-order valence-electron chi connectivity index (χ0n) is 13.4. The Morgan fingerprint density at radius 1 is 1.21 bits per heavy atom. The van der Waals surface area contributed by atoms with Crippen LogP contribution < -0.4 is 0 Å². The number of para-hydroxylation sites is 1. The van der Waals surface area contributed by atoms with E-state index in [4.69, 9.17) is 4.42 Å². The Morgan fingerprint density at radius 3 is 2.83 bits per heavy atom. The highest BCUT2D eigenvalue weighted by atomic mass is 32.2. The number of thiazole rings is 1. The molecular formula is C17H16N4OS2. The molecule has 0 bridgehead atoms. The number of hydrogen-bond acceptors (Lipinski definition) is 6. The fraction of sp³-hybridized carbons (Fsp3) is 0.235. The van der Waals surface area contributed by atoms with Gasteiger partial charge in [-0.1, -0.05) is 23.9 Å². The fourth-order valence-electron chi connectivity index (χ4n) is 2.60. The molecule has 0 amide bonds. The van der Waals surface area contributed by atoms with E-state index in [9.17, 15) is 0 Å². The number of aryl methyl sites for hydroxylation is 1. The first kappa shape index (κ1) is 15.4. The molecule has 0 saturated heterocycles. The zero-order chi connectivity index (χ0) is 16.5. The van der Waals surface area contributed by atoms with Gasteiger partial charge in [-0.2, -0.15) is 0 Å². The molecule has 0 saturated carbocycles. The van der Waals surface area contributed by atoms with E-state index in [1.807, 2.05) is 31.2 Å². The predicted octanol–water partition coefficient (Wildman–Crippen LogP) is 4.77. The van der Waals surface area contributed by atoms with Crippen molar-refractivity contribution < 1.29 is 4.42 Å². The van der Waals surface area contributed by atoms with Crippen molar-refractivity contribution in [2.45, 2.75) is 31.3 Å². The Bertz CT molecular complexity index is 952. The van der Waals surface area contributed by atoms with E-state index in [0.29, 0.717) is 0 Å². The van der Waals surface area contributed by atoms with Crippen LogP contribution in [-0.4, -0.2) is 19.7 Å². The summed E-state index contributed by atoms with van der Waals surface area (Å²) in [6, 6.07) is 10.2. The molecule has 7 heteroatoms. The second kappa shape index (κ2) is 6.41. The zero-order valence-corrected chi connectivity index (χ0v) is 15.0. The Hall–Kier alpha value is -2.12. The molecule has 0 fully saturated rings. The number of thioether (sulfide) groups is 1. The van der Waals surface area contributed by atoms with Crippen molar-refractivity contribution in [3.8, 4) is 11.4 Å². The normalized spacial score (nSPS) is 11.4. The third-order valence-electron chi connectivity index (χ3n) is 3.80. The smallest absolute Gasteiger partial charge is 0.191 e. The summed E-state index contributed by atoms with van der Waals surface area (Å²) in [6.07, 6.45) is 1.69. The number of benzene rings is 1. The summed E-state index contributed by atoms with van der Waals surface area (Å²) in [5, 5.41) is 10.7. The maximum Gasteiger partial charge on any atom is 0.191 e. The van der Waals surface area contributed by atoms with Gasteiger partial charge in [0.05, 0.1) is 27.8 Å². The monoisotopic (exact) mass is 356 g/mol. The van der Waals surface area contributed by atoms with Gasteiger partial charge < -0.3 is 8.98 Å². The van der Waals surface area contributed by atoms with Gasteiger partial charge in [0.2, 0.25) is 0 Å². The predicted molar refractivity (Wildman–Crippen MR) is 97.3 cm³/mol. The molecule has 1 aromatic carbocycles. The number of hydrogen-bond donors (Lipinski definition) is 0. The molecule has 0 spiro atoms. The Balaban J connectivity index is 1.58. The van der Waals surface area contributed by atoms with Crippen molar-refractivity contribution in [2.75, 3.05) is 0 Å². The molecule has 0 N–H and O–H groups in total. The number of furan rings is 1. The minimum Gasteiger partial charge on any atom is -0.469 e. The number of rotatable bonds is 5. The topological polar surface area (TPSA) is 56.7 Å². The van der Waals surface area contributed by atoms with Gasteiger partial charge in [-0.05, 0) is 32.0 Å². The first-order valence-corrected chi connectivity index (χ1v) is 9.51. The summed E-state index contributed by atoms with van der Waals surface area (Å²) in [5.41, 5.74) is 2.06. The standard InChI is InChI=1S/C17H16N4OS2/c1-3-21-16(12-8-9-22-11(12)2)19-20-17(21)23-10-15-18-13-6-4-5-7-14(13)24-15/h4-9H,3,10H2,1-2H3. The molecule has 4 rings (SSSR count). The lowest BCUT2D eigenvalue weighted by Crippen LogP contribution is -2.00. The van der Waals surface area contributed by atoms with Gasteiger partial charge in [0.25, 0.3) is 0 Å². The third-order valence-corrected chi connectivity index (χ3v) is 5.99. The second-order valence-electron chi connectivity index (χ2n) is 5.30. The van der Waals surface area contributed by atoms with Crippen molar-refractivity contribution >= 4 is 33.3 Å². The summed E-state index contributed by atoms with van der Waals surface area (Å²) in [6.45, 7) is 4.86. The lowest BCUT2D eigenvalue weighted by atomic mass is 10.2. The Labute approximate surface area is 147 Å². The van der Waals surface area contributed by atoms with E-state index in [-0.39, 0.29) is 0 Å². The van der Waals surface area contributed by atoms with E-state index in [2.05, 4.69) is 32.7 Å². The van der Waals surface area contributed by atoms with Gasteiger partial charge in [-0.3, -0.25) is 0 Å². The van der Waals surface area contributed by atoms with Crippen LogP contribution in [0.3, 0.4) is 0 Å². The highest BCUT2D eigenvalue weighted by Gasteiger charge is 2.17. The van der Waals surface area contributed by atoms with Crippen molar-refractivity contribution in [3.05, 3.63) is 47.4 Å². The van der Waals surface area contributed by atoms with Crippen LogP contribution in [0.2, 0.25) is 0 Å². The van der Waals surface area contributed by atoms with Gasteiger partial charge in [-0.15, -0.1) is 21.5 Å². The van der Waals surface area contributed by atoms with Crippen molar-refractivity contribution in [1.29, 1.82) is 0 Å². The number of nitrogens with zero attached hydrogens (tertiary/aromatic N) is 4. The van der Waals surface area contributed by atoms with Crippen LogP contribution in [0.15, 0.2) is 46.2 Å². The minimum atomic E-state index is 0.794. The molecule has 4 aromatic rings. The first-order chi connectivity index (χ1) is 11.8. The van der Waals surface area contributed by atoms with Crippen LogP contribution in [-0.2, 0) is 12.3 Å². The summed E-state index contributed by atoms with van der Waals surface area (Å²) >= 11 is 3.40. The largest absolute Gasteiger partial charge is 0.469 e. The maximum atomic E-state index is 5.39. The Kier molecular flexibility index (Phi) is 4.12. The molecule has 0 radical (unpaired) electrons. The molecule has 122 valence electrons. The van der Waals surface area contributed by atoms with E-state index >= 15 is 0 Å². The highest BCUT2D eigenvalue weighted by Crippen LogP contribution is 2.30.